The number of ether oxygens (including phenoxy) is 4. The Morgan fingerprint density at radius 3 is 2.50 bits per heavy atom. The molecule has 40 heavy (non-hydrogen) atoms. The molecule has 0 radical (unpaired) electrons. The first-order valence-corrected chi connectivity index (χ1v) is 14.5. The summed E-state index contributed by atoms with van der Waals surface area (Å²) in [7, 11) is 2.96. The molecule has 1 amide bonds. The van der Waals surface area contributed by atoms with Gasteiger partial charge in [0, 0.05) is 17.4 Å². The molecule has 2 aromatic rings. The molecule has 1 aromatic heterocycles. The van der Waals surface area contributed by atoms with E-state index < -0.39 is 29.8 Å². The third-order valence-corrected chi connectivity index (χ3v) is 7.70. The number of benzene rings is 1. The number of unbranched alkanes of at least 4 members (excludes halogenated alkanes) is 2. The first-order valence-electron chi connectivity index (χ1n) is 14.5. The Morgan fingerprint density at radius 2 is 1.88 bits per heavy atom. The van der Waals surface area contributed by atoms with Crippen molar-refractivity contribution >= 4 is 23.0 Å². The van der Waals surface area contributed by atoms with Crippen molar-refractivity contribution in [1.82, 2.24) is 9.88 Å². The maximum atomic E-state index is 13.0. The molecule has 1 N–H and O–H groups in total. The van der Waals surface area contributed by atoms with Crippen LogP contribution in [-0.2, 0) is 27.1 Å². The molecule has 4 unspecified atom stereocenters. The van der Waals surface area contributed by atoms with Gasteiger partial charge in [0.1, 0.15) is 29.2 Å². The summed E-state index contributed by atoms with van der Waals surface area (Å²) >= 11 is 0. The summed E-state index contributed by atoms with van der Waals surface area (Å²) in [6, 6.07) is 5.08. The normalized spacial score (nSPS) is 22.3. The lowest BCUT2D eigenvalue weighted by Gasteiger charge is -2.27. The van der Waals surface area contributed by atoms with Crippen LogP contribution in [0.25, 0.3) is 10.9 Å². The SMILES string of the molecule is CCc1c(OC2CC(C(=O)OC)N(C(=O)OC(C)(C)C)C2)c(CCCCCC2CC2O)nc2ccc(OC)cc12. The quantitative estimate of drug-likeness (QED) is 0.297. The molecule has 2 fully saturated rings. The van der Waals surface area contributed by atoms with E-state index in [1.165, 1.54) is 12.0 Å². The van der Waals surface area contributed by atoms with Crippen molar-refractivity contribution in [2.75, 3.05) is 20.8 Å². The van der Waals surface area contributed by atoms with Crippen LogP contribution >= 0.6 is 0 Å². The van der Waals surface area contributed by atoms with Crippen LogP contribution < -0.4 is 9.47 Å². The molecule has 4 rings (SSSR count). The molecule has 1 aliphatic heterocycles. The largest absolute Gasteiger partial charge is 0.497 e. The van der Waals surface area contributed by atoms with Crippen molar-refractivity contribution in [3.63, 3.8) is 0 Å². The van der Waals surface area contributed by atoms with Crippen LogP contribution in [-0.4, -0.2) is 71.7 Å². The van der Waals surface area contributed by atoms with Crippen LogP contribution in [0.3, 0.4) is 0 Å². The van der Waals surface area contributed by atoms with Crippen molar-refractivity contribution in [2.45, 2.75) is 103 Å². The molecular weight excluding hydrogens is 512 g/mol. The minimum absolute atomic E-state index is 0.105. The summed E-state index contributed by atoms with van der Waals surface area (Å²) in [5.74, 6) is 1.45. The van der Waals surface area contributed by atoms with Crippen LogP contribution in [0, 0.1) is 5.92 Å². The van der Waals surface area contributed by atoms with E-state index in [1.54, 1.807) is 27.9 Å². The second-order valence-electron chi connectivity index (χ2n) is 11.9. The lowest BCUT2D eigenvalue weighted by molar-refractivity contribution is -0.145. The zero-order chi connectivity index (χ0) is 29.0. The van der Waals surface area contributed by atoms with Crippen molar-refractivity contribution in [1.29, 1.82) is 0 Å². The lowest BCUT2D eigenvalue weighted by Crippen LogP contribution is -2.44. The molecule has 0 spiro atoms. The average molecular weight is 557 g/mol. The first-order chi connectivity index (χ1) is 19.0. The molecule has 1 aliphatic carbocycles. The van der Waals surface area contributed by atoms with Gasteiger partial charge >= 0.3 is 12.1 Å². The molecule has 9 heteroatoms. The molecule has 9 nitrogen and oxygen atoms in total. The number of nitrogens with zero attached hydrogens (tertiary/aromatic N) is 2. The van der Waals surface area contributed by atoms with E-state index in [2.05, 4.69) is 6.92 Å². The van der Waals surface area contributed by atoms with Crippen molar-refractivity contribution < 1.29 is 33.6 Å². The summed E-state index contributed by atoms with van der Waals surface area (Å²) in [5.41, 5.74) is 2.10. The Labute approximate surface area is 237 Å². The highest BCUT2D eigenvalue weighted by Crippen LogP contribution is 2.37. The predicted octanol–water partition coefficient (Wildman–Crippen LogP) is 5.22. The van der Waals surface area contributed by atoms with E-state index in [0.717, 1.165) is 78.6 Å². The molecule has 1 aromatic carbocycles. The summed E-state index contributed by atoms with van der Waals surface area (Å²) in [6.07, 6.45) is 5.75. The van der Waals surface area contributed by atoms with E-state index >= 15 is 0 Å². The zero-order valence-corrected chi connectivity index (χ0v) is 24.7. The Morgan fingerprint density at radius 1 is 1.12 bits per heavy atom. The Bertz CT molecular complexity index is 1210. The monoisotopic (exact) mass is 556 g/mol. The van der Waals surface area contributed by atoms with Gasteiger partial charge in [-0.15, -0.1) is 0 Å². The number of hydrogen-bond donors (Lipinski definition) is 1. The number of aryl methyl sites for hydroxylation is 2. The van der Waals surface area contributed by atoms with Gasteiger partial charge in [-0.05, 0) is 77.0 Å². The van der Waals surface area contributed by atoms with Crippen molar-refractivity contribution in [3.05, 3.63) is 29.5 Å². The van der Waals surface area contributed by atoms with E-state index in [9.17, 15) is 14.7 Å². The van der Waals surface area contributed by atoms with Crippen LogP contribution in [0.15, 0.2) is 18.2 Å². The fourth-order valence-electron chi connectivity index (χ4n) is 5.48. The fourth-order valence-corrected chi connectivity index (χ4v) is 5.48. The van der Waals surface area contributed by atoms with Gasteiger partial charge in [-0.25, -0.2) is 14.6 Å². The van der Waals surface area contributed by atoms with Gasteiger partial charge in [-0.2, -0.15) is 0 Å². The molecule has 4 atom stereocenters. The number of carbonyl (C=O) groups excluding carboxylic acids is 2. The number of fused-ring (bicyclic) bond motifs is 1. The van der Waals surface area contributed by atoms with Gasteiger partial charge < -0.3 is 24.1 Å². The summed E-state index contributed by atoms with van der Waals surface area (Å²) in [6.45, 7) is 7.68. The number of pyridine rings is 1. The minimum Gasteiger partial charge on any atom is -0.497 e. The number of aliphatic hydroxyl groups is 1. The molecule has 220 valence electrons. The summed E-state index contributed by atoms with van der Waals surface area (Å²) < 4.78 is 22.8. The number of hydrogen-bond acceptors (Lipinski definition) is 8. The highest BCUT2D eigenvalue weighted by molar-refractivity contribution is 5.86. The molecular formula is C31H44N2O7. The summed E-state index contributed by atoms with van der Waals surface area (Å²) in [5, 5.41) is 10.6. The number of carbonyl (C=O) groups is 2. The van der Waals surface area contributed by atoms with Crippen LogP contribution in [0.4, 0.5) is 4.79 Å². The maximum absolute atomic E-state index is 13.0. The van der Waals surface area contributed by atoms with Crippen LogP contribution in [0.1, 0.15) is 77.5 Å². The third-order valence-electron chi connectivity index (χ3n) is 7.70. The van der Waals surface area contributed by atoms with Crippen molar-refractivity contribution in [3.8, 4) is 11.5 Å². The smallest absolute Gasteiger partial charge is 0.411 e. The minimum atomic E-state index is -0.787. The van der Waals surface area contributed by atoms with Crippen LogP contribution in [0.5, 0.6) is 11.5 Å². The van der Waals surface area contributed by atoms with Crippen LogP contribution in [0.2, 0.25) is 0 Å². The molecule has 1 saturated heterocycles. The number of amides is 1. The number of rotatable bonds is 11. The topological polar surface area (TPSA) is 107 Å². The van der Waals surface area contributed by atoms with Gasteiger partial charge in [-0.1, -0.05) is 19.8 Å². The number of likely N-dealkylation sites (tertiary alicyclic amines) is 1. The Balaban J connectivity index is 1.60. The van der Waals surface area contributed by atoms with Crippen molar-refractivity contribution in [2.24, 2.45) is 5.92 Å². The number of methoxy groups -OCH3 is 2. The van der Waals surface area contributed by atoms with Gasteiger partial charge in [0.15, 0.2) is 0 Å². The maximum Gasteiger partial charge on any atom is 0.411 e. The standard InChI is InChI=1S/C31H44N2O7/c1-7-22-23-16-20(37-5)13-14-24(23)32-25(12-10-8-9-11-19-15-27(19)34)28(22)39-21-17-26(29(35)38-6)33(18-21)30(36)40-31(2,3)4/h13-14,16,19,21,26-27,34H,7-12,15,17-18H2,1-6H3. The molecule has 2 aliphatic rings. The second kappa shape index (κ2) is 12.6. The lowest BCUT2D eigenvalue weighted by atomic mass is 10.0. The van der Waals surface area contributed by atoms with E-state index in [0.29, 0.717) is 12.3 Å². The second-order valence-corrected chi connectivity index (χ2v) is 11.9. The molecule has 2 heterocycles. The highest BCUT2D eigenvalue weighted by atomic mass is 16.6. The summed E-state index contributed by atoms with van der Waals surface area (Å²) in [4.78, 5) is 32.1. The first kappa shape index (κ1) is 29.9. The molecule has 1 saturated carbocycles. The Kier molecular flexibility index (Phi) is 9.44. The number of esters is 1. The predicted molar refractivity (Wildman–Crippen MR) is 152 cm³/mol. The van der Waals surface area contributed by atoms with Gasteiger partial charge in [0.2, 0.25) is 0 Å². The third kappa shape index (κ3) is 7.16. The number of aliphatic hydroxyl groups excluding tert-OH is 1. The van der Waals surface area contributed by atoms with Gasteiger partial charge in [0.05, 0.1) is 38.1 Å². The van der Waals surface area contributed by atoms with E-state index in [1.807, 2.05) is 18.2 Å². The van der Waals surface area contributed by atoms with E-state index in [-0.39, 0.29) is 12.6 Å². The van der Waals surface area contributed by atoms with Gasteiger partial charge in [-0.3, -0.25) is 4.90 Å². The molecule has 0 bridgehead atoms. The fraction of sp³-hybridized carbons (Fsp3) is 0.645. The van der Waals surface area contributed by atoms with Gasteiger partial charge in [0.25, 0.3) is 0 Å². The average Bonchev–Trinajstić information content (AvgIpc) is 3.45. The zero-order valence-electron chi connectivity index (χ0n) is 24.7. The Hall–Kier alpha value is -3.07. The number of aromatic nitrogens is 1. The van der Waals surface area contributed by atoms with E-state index in [4.69, 9.17) is 23.9 Å². The highest BCUT2D eigenvalue weighted by Gasteiger charge is 2.43.